The van der Waals surface area contributed by atoms with Crippen molar-refractivity contribution in [2.24, 2.45) is 0 Å². The van der Waals surface area contributed by atoms with Gasteiger partial charge in [-0.2, -0.15) is 5.01 Å². The van der Waals surface area contributed by atoms with Crippen molar-refractivity contribution in [2.75, 3.05) is 13.7 Å². The Morgan fingerprint density at radius 3 is 2.35 bits per heavy atom. The van der Waals surface area contributed by atoms with Gasteiger partial charge >= 0.3 is 6.03 Å². The molecule has 2 aliphatic heterocycles. The third-order valence-corrected chi connectivity index (χ3v) is 5.56. The summed E-state index contributed by atoms with van der Waals surface area (Å²) < 4.78 is 5.08. The van der Waals surface area contributed by atoms with E-state index in [1.54, 1.807) is 24.3 Å². The van der Waals surface area contributed by atoms with Crippen LogP contribution in [-0.4, -0.2) is 58.1 Å². The van der Waals surface area contributed by atoms with E-state index >= 15 is 0 Å². The summed E-state index contributed by atoms with van der Waals surface area (Å²) in [7, 11) is 1.48. The number of fused-ring (bicyclic) bond motifs is 1. The summed E-state index contributed by atoms with van der Waals surface area (Å²) in [6.45, 7) is 0.648. The van der Waals surface area contributed by atoms with Gasteiger partial charge in [-0.3, -0.25) is 39.6 Å². The molecule has 0 spiro atoms. The van der Waals surface area contributed by atoms with E-state index in [1.807, 2.05) is 0 Å². The van der Waals surface area contributed by atoms with Gasteiger partial charge in [0.2, 0.25) is 0 Å². The van der Waals surface area contributed by atoms with Gasteiger partial charge in [0, 0.05) is 12.1 Å². The molecule has 6 amide bonds. The summed E-state index contributed by atoms with van der Waals surface area (Å²) in [5, 5.41) is 13.9. The van der Waals surface area contributed by atoms with E-state index < -0.39 is 46.7 Å². The Morgan fingerprint density at radius 2 is 1.74 bits per heavy atom. The van der Waals surface area contributed by atoms with Crippen molar-refractivity contribution in [2.45, 2.75) is 12.5 Å². The summed E-state index contributed by atoms with van der Waals surface area (Å²) in [6.07, 6.45) is 0. The van der Waals surface area contributed by atoms with Crippen LogP contribution in [0.15, 0.2) is 42.5 Å². The highest BCUT2D eigenvalue weighted by Gasteiger charge is 2.50. The number of amides is 6. The van der Waals surface area contributed by atoms with Crippen LogP contribution < -0.4 is 15.5 Å². The molecule has 2 heterocycles. The minimum absolute atomic E-state index is 0.0922. The van der Waals surface area contributed by atoms with Crippen molar-refractivity contribution < 1.29 is 33.6 Å². The monoisotopic (exact) mass is 467 g/mol. The largest absolute Gasteiger partial charge is 0.497 e. The lowest BCUT2D eigenvalue weighted by Crippen LogP contribution is -2.51. The smallest absolute Gasteiger partial charge is 0.344 e. The number of hydrogen-bond donors (Lipinski definition) is 2. The Morgan fingerprint density at radius 1 is 1.09 bits per heavy atom. The average Bonchev–Trinajstić information content (AvgIpc) is 3.18. The fraction of sp³-hybridized carbons (Fsp3) is 0.190. The van der Waals surface area contributed by atoms with Gasteiger partial charge < -0.3 is 10.1 Å². The fourth-order valence-corrected chi connectivity index (χ4v) is 3.70. The summed E-state index contributed by atoms with van der Waals surface area (Å²) in [6, 6.07) is 8.62. The number of benzene rings is 2. The zero-order valence-electron chi connectivity index (χ0n) is 17.9. The quantitative estimate of drug-likeness (QED) is 0.271. The third kappa shape index (κ3) is 3.48. The molecule has 0 aliphatic carbocycles. The Balaban J connectivity index is 1.48. The van der Waals surface area contributed by atoms with E-state index in [-0.39, 0.29) is 16.8 Å². The molecule has 1 atom stereocenters. The number of methoxy groups -OCH3 is 1. The first-order valence-electron chi connectivity index (χ1n) is 9.82. The van der Waals surface area contributed by atoms with E-state index in [4.69, 9.17) is 4.74 Å². The van der Waals surface area contributed by atoms with Crippen LogP contribution in [0, 0.1) is 10.1 Å². The molecule has 2 aliphatic rings. The molecule has 2 aromatic rings. The van der Waals surface area contributed by atoms with Gasteiger partial charge in [0.15, 0.2) is 0 Å². The number of rotatable bonds is 6. The summed E-state index contributed by atoms with van der Waals surface area (Å²) in [5.41, 5.74) is 0.367. The zero-order valence-corrected chi connectivity index (χ0v) is 17.9. The first-order valence-corrected chi connectivity index (χ1v) is 9.82. The normalized spacial score (nSPS) is 19.2. The van der Waals surface area contributed by atoms with E-state index in [1.165, 1.54) is 14.0 Å². The molecule has 1 unspecified atom stereocenters. The molecule has 2 aromatic carbocycles. The van der Waals surface area contributed by atoms with Gasteiger partial charge in [-0.1, -0.05) is 12.1 Å². The first-order chi connectivity index (χ1) is 16.1. The molecule has 13 heteroatoms. The van der Waals surface area contributed by atoms with Gasteiger partial charge in [0.1, 0.15) is 17.8 Å². The number of hydrazine groups is 1. The number of urea groups is 1. The van der Waals surface area contributed by atoms with Crippen LogP contribution in [-0.2, 0) is 15.1 Å². The summed E-state index contributed by atoms with van der Waals surface area (Å²) in [5.74, 6) is -2.97. The Bertz CT molecular complexity index is 1270. The maximum absolute atomic E-state index is 13.0. The SMILES string of the molecule is COc1ccc(C2(C)NC(=O)N(NC(=O)CN3C(=O)c4ccc([N+](=O)[O-])cc4C3=O)C2=O)cc1. The predicted molar refractivity (Wildman–Crippen MR) is 112 cm³/mol. The number of nitrogens with one attached hydrogen (secondary N) is 2. The number of imide groups is 2. The van der Waals surface area contributed by atoms with Crippen molar-refractivity contribution in [3.8, 4) is 5.75 Å². The number of carbonyl (C=O) groups is 5. The van der Waals surface area contributed by atoms with Gasteiger partial charge in [0.25, 0.3) is 29.3 Å². The third-order valence-electron chi connectivity index (χ3n) is 5.56. The van der Waals surface area contributed by atoms with E-state index in [9.17, 15) is 34.1 Å². The number of hydrogen-bond acceptors (Lipinski definition) is 8. The molecule has 13 nitrogen and oxygen atoms in total. The molecular weight excluding hydrogens is 450 g/mol. The fourth-order valence-electron chi connectivity index (χ4n) is 3.70. The average molecular weight is 467 g/mol. The standard InChI is InChI=1S/C21H17N5O8/c1-21(11-3-6-13(34-2)7-4-11)19(30)25(20(31)22-21)23-16(27)10-24-17(28)14-8-5-12(26(32)33)9-15(14)18(24)29/h3-9H,10H2,1-2H3,(H,22,31)(H,23,27). The van der Waals surface area contributed by atoms with Crippen molar-refractivity contribution in [1.82, 2.24) is 20.7 Å². The molecule has 0 bridgehead atoms. The molecule has 1 fully saturated rings. The van der Waals surface area contributed by atoms with Gasteiger partial charge in [-0.15, -0.1) is 0 Å². The van der Waals surface area contributed by atoms with Crippen LogP contribution in [0.4, 0.5) is 10.5 Å². The van der Waals surface area contributed by atoms with Crippen molar-refractivity contribution in [3.63, 3.8) is 0 Å². The highest BCUT2D eigenvalue weighted by Crippen LogP contribution is 2.30. The highest BCUT2D eigenvalue weighted by molar-refractivity contribution is 6.22. The van der Waals surface area contributed by atoms with Gasteiger partial charge in [0.05, 0.1) is 23.2 Å². The van der Waals surface area contributed by atoms with Crippen LogP contribution in [0.2, 0.25) is 0 Å². The molecule has 2 N–H and O–H groups in total. The topological polar surface area (TPSA) is 168 Å². The first kappa shape index (κ1) is 22.4. The van der Waals surface area contributed by atoms with Crippen LogP contribution in [0.5, 0.6) is 5.75 Å². The number of nitro groups is 1. The van der Waals surface area contributed by atoms with Crippen LogP contribution in [0.25, 0.3) is 0 Å². The lowest BCUT2D eigenvalue weighted by Gasteiger charge is -2.22. The van der Waals surface area contributed by atoms with Crippen molar-refractivity contribution in [1.29, 1.82) is 0 Å². The lowest BCUT2D eigenvalue weighted by atomic mass is 9.92. The number of nitro benzene ring substituents is 1. The zero-order chi connectivity index (χ0) is 24.8. The van der Waals surface area contributed by atoms with Gasteiger partial charge in [-0.05, 0) is 30.7 Å². The molecule has 34 heavy (non-hydrogen) atoms. The molecule has 0 radical (unpaired) electrons. The molecule has 4 rings (SSSR count). The van der Waals surface area contributed by atoms with E-state index in [0.717, 1.165) is 18.2 Å². The highest BCUT2D eigenvalue weighted by atomic mass is 16.6. The minimum Gasteiger partial charge on any atom is -0.497 e. The molecule has 0 aromatic heterocycles. The predicted octanol–water partition coefficient (Wildman–Crippen LogP) is 0.698. The van der Waals surface area contributed by atoms with Crippen molar-refractivity contribution >= 4 is 35.3 Å². The molecule has 1 saturated heterocycles. The van der Waals surface area contributed by atoms with Crippen molar-refractivity contribution in [3.05, 3.63) is 69.3 Å². The summed E-state index contributed by atoms with van der Waals surface area (Å²) in [4.78, 5) is 73.8. The molecular formula is C21H17N5O8. The Labute approximate surface area is 191 Å². The van der Waals surface area contributed by atoms with E-state index in [0.29, 0.717) is 21.2 Å². The lowest BCUT2D eigenvalue weighted by molar-refractivity contribution is -0.384. The molecule has 0 saturated carbocycles. The maximum atomic E-state index is 13.0. The van der Waals surface area contributed by atoms with Crippen LogP contribution in [0.3, 0.4) is 0 Å². The number of ether oxygens (including phenoxy) is 1. The van der Waals surface area contributed by atoms with Gasteiger partial charge in [-0.25, -0.2) is 4.79 Å². The Kier molecular flexibility index (Phi) is 5.24. The minimum atomic E-state index is -1.48. The Hall–Kier alpha value is -4.81. The second-order valence-electron chi connectivity index (χ2n) is 7.64. The van der Waals surface area contributed by atoms with Crippen LogP contribution >= 0.6 is 0 Å². The second kappa shape index (κ2) is 7.95. The van der Waals surface area contributed by atoms with Crippen LogP contribution in [0.1, 0.15) is 33.2 Å². The number of non-ortho nitro benzene ring substituents is 1. The number of nitrogens with zero attached hydrogens (tertiary/aromatic N) is 3. The second-order valence-corrected chi connectivity index (χ2v) is 7.64. The summed E-state index contributed by atoms with van der Waals surface area (Å²) >= 11 is 0. The maximum Gasteiger partial charge on any atom is 0.344 e. The van der Waals surface area contributed by atoms with E-state index in [2.05, 4.69) is 10.7 Å². The number of carbonyl (C=O) groups excluding carboxylic acids is 5. The molecule has 174 valence electrons.